The van der Waals surface area contributed by atoms with Gasteiger partial charge < -0.3 is 15.4 Å². The van der Waals surface area contributed by atoms with Gasteiger partial charge >= 0.3 is 12.5 Å². The molecular weight excluding hydrogens is 442 g/mol. The molecule has 0 saturated carbocycles. The van der Waals surface area contributed by atoms with Crippen LogP contribution < -0.4 is 5.73 Å². The maximum atomic E-state index is 13.4. The van der Waals surface area contributed by atoms with E-state index in [4.69, 9.17) is 22.1 Å². The third-order valence-corrected chi connectivity index (χ3v) is 4.76. The average molecular weight is 465 g/mol. The third-order valence-electron chi connectivity index (χ3n) is 4.56. The van der Waals surface area contributed by atoms with Gasteiger partial charge in [-0.25, -0.2) is 19.4 Å². The number of hydrogen-bond donors (Lipinski definition) is 1. The van der Waals surface area contributed by atoms with Crippen molar-refractivity contribution in [3.05, 3.63) is 58.4 Å². The van der Waals surface area contributed by atoms with Crippen molar-refractivity contribution < 1.29 is 18.3 Å². The molecule has 2 heterocycles. The first-order chi connectivity index (χ1) is 15.2. The summed E-state index contributed by atoms with van der Waals surface area (Å²) in [5, 5.41) is 4.01. The lowest BCUT2D eigenvalue weighted by Crippen LogP contribution is -2.16. The Hall–Kier alpha value is -3.11. The highest BCUT2D eigenvalue weighted by atomic mass is 35.5. The van der Waals surface area contributed by atoms with Crippen LogP contribution in [0.5, 0.6) is 0 Å². The number of aromatic nitrogens is 4. The molecule has 3 aromatic rings. The summed E-state index contributed by atoms with van der Waals surface area (Å²) in [5.74, 6) is -0.580. The van der Waals surface area contributed by atoms with Crippen molar-refractivity contribution in [2.24, 2.45) is 0 Å². The number of nitrogen functional groups attached to an aromatic ring is 1. The van der Waals surface area contributed by atoms with Crippen molar-refractivity contribution in [2.45, 2.75) is 19.4 Å². The zero-order valence-corrected chi connectivity index (χ0v) is 18.4. The van der Waals surface area contributed by atoms with E-state index in [0.29, 0.717) is 27.8 Å². The second-order valence-electron chi connectivity index (χ2n) is 7.32. The van der Waals surface area contributed by atoms with Crippen molar-refractivity contribution in [2.75, 3.05) is 33.0 Å². The fourth-order valence-electron chi connectivity index (χ4n) is 3.13. The van der Waals surface area contributed by atoms with Crippen LogP contribution in [0.2, 0.25) is 5.15 Å². The number of hydrogen-bond acceptors (Lipinski definition) is 7. The van der Waals surface area contributed by atoms with Crippen LogP contribution in [0.1, 0.15) is 34.5 Å². The number of nitrogens with two attached hydrogens (primary N) is 1. The van der Waals surface area contributed by atoms with E-state index in [1.807, 2.05) is 19.0 Å². The quantitative estimate of drug-likeness (QED) is 0.293. The lowest BCUT2D eigenvalue weighted by molar-refractivity contribution is 0.0491. The molecule has 0 aliphatic heterocycles. The van der Waals surface area contributed by atoms with E-state index in [0.717, 1.165) is 6.54 Å². The largest absolute Gasteiger partial charge is 0.462 e. The van der Waals surface area contributed by atoms with Gasteiger partial charge in [0.1, 0.15) is 10.8 Å². The molecule has 0 bridgehead atoms. The summed E-state index contributed by atoms with van der Waals surface area (Å²) in [5.41, 5.74) is 7.42. The first-order valence-corrected chi connectivity index (χ1v) is 10.2. The molecule has 2 N–H and O–H groups in total. The zero-order chi connectivity index (χ0) is 23.3. The lowest BCUT2D eigenvalue weighted by Gasteiger charge is -2.11. The van der Waals surface area contributed by atoms with Gasteiger partial charge in [-0.1, -0.05) is 29.8 Å². The number of halogens is 3. The van der Waals surface area contributed by atoms with E-state index >= 15 is 0 Å². The van der Waals surface area contributed by atoms with Crippen LogP contribution in [0.4, 0.5) is 14.7 Å². The minimum Gasteiger partial charge on any atom is -0.462 e. The van der Waals surface area contributed by atoms with E-state index in [-0.39, 0.29) is 35.5 Å². The van der Waals surface area contributed by atoms with Gasteiger partial charge in [-0.2, -0.15) is 13.9 Å². The molecule has 8 nitrogen and oxygen atoms in total. The molecule has 32 heavy (non-hydrogen) atoms. The number of rotatable bonds is 9. The van der Waals surface area contributed by atoms with Crippen LogP contribution >= 0.6 is 11.6 Å². The van der Waals surface area contributed by atoms with E-state index in [2.05, 4.69) is 15.1 Å². The van der Waals surface area contributed by atoms with Gasteiger partial charge in [0.05, 0.1) is 17.9 Å². The standard InChI is InChI=1S/C21H23ClF2N6O2/c1-29(2)8-5-9-32-19(31)15-7-4-3-6-13(15)10-14-12-30(20(23)24)28-18(14)16-11-17(22)27-21(25)26-16/h3-4,6-7,11-12,20H,5,8-10H2,1-2H3,(H2,25,26,27). The Balaban J connectivity index is 1.90. The Morgan fingerprint density at radius 2 is 2.00 bits per heavy atom. The van der Waals surface area contributed by atoms with Crippen LogP contribution in [0.3, 0.4) is 0 Å². The highest BCUT2D eigenvalue weighted by Crippen LogP contribution is 2.28. The molecule has 2 aromatic heterocycles. The molecule has 170 valence electrons. The van der Waals surface area contributed by atoms with Gasteiger partial charge in [-0.3, -0.25) is 0 Å². The molecular formula is C21H23ClF2N6O2. The third kappa shape index (κ3) is 5.98. The fourth-order valence-corrected chi connectivity index (χ4v) is 3.32. The molecule has 0 atom stereocenters. The Bertz CT molecular complexity index is 1070. The highest BCUT2D eigenvalue weighted by Gasteiger charge is 2.20. The minimum atomic E-state index is -2.85. The Morgan fingerprint density at radius 3 is 2.69 bits per heavy atom. The monoisotopic (exact) mass is 464 g/mol. The topological polar surface area (TPSA) is 99.2 Å². The maximum Gasteiger partial charge on any atom is 0.338 e. The predicted octanol–water partition coefficient (Wildman–Crippen LogP) is 3.67. The van der Waals surface area contributed by atoms with Gasteiger partial charge in [-0.15, -0.1) is 0 Å². The van der Waals surface area contributed by atoms with Gasteiger partial charge in [0.2, 0.25) is 5.95 Å². The predicted molar refractivity (Wildman–Crippen MR) is 117 cm³/mol. The SMILES string of the molecule is CN(C)CCCOC(=O)c1ccccc1Cc1cn(C(F)F)nc1-c1cc(Cl)nc(N)n1. The smallest absolute Gasteiger partial charge is 0.338 e. The average Bonchev–Trinajstić information content (AvgIpc) is 3.15. The van der Waals surface area contributed by atoms with E-state index < -0.39 is 12.5 Å². The molecule has 0 radical (unpaired) electrons. The number of esters is 1. The molecule has 0 saturated heterocycles. The molecule has 0 aliphatic carbocycles. The summed E-state index contributed by atoms with van der Waals surface area (Å²) in [6, 6.07) is 8.25. The fraction of sp³-hybridized carbons (Fsp3) is 0.333. The molecule has 11 heteroatoms. The summed E-state index contributed by atoms with van der Waals surface area (Å²) in [7, 11) is 3.87. The molecule has 0 unspecified atom stereocenters. The van der Waals surface area contributed by atoms with Crippen molar-refractivity contribution in [1.82, 2.24) is 24.6 Å². The van der Waals surface area contributed by atoms with Crippen LogP contribution in [0.15, 0.2) is 36.5 Å². The van der Waals surface area contributed by atoms with Crippen LogP contribution in [0.25, 0.3) is 11.4 Å². The number of benzene rings is 1. The normalized spacial score (nSPS) is 11.3. The van der Waals surface area contributed by atoms with Crippen LogP contribution in [0, 0.1) is 0 Å². The summed E-state index contributed by atoms with van der Waals surface area (Å²) in [4.78, 5) is 22.5. The number of ether oxygens (including phenoxy) is 1. The summed E-state index contributed by atoms with van der Waals surface area (Å²) >= 11 is 5.95. The first kappa shape index (κ1) is 23.6. The highest BCUT2D eigenvalue weighted by molar-refractivity contribution is 6.29. The number of carbonyl (C=O) groups excluding carboxylic acids is 1. The summed E-state index contributed by atoms with van der Waals surface area (Å²) in [6.45, 7) is -1.79. The maximum absolute atomic E-state index is 13.4. The first-order valence-electron chi connectivity index (χ1n) is 9.81. The molecule has 3 rings (SSSR count). The van der Waals surface area contributed by atoms with Crippen molar-refractivity contribution in [3.8, 4) is 11.4 Å². The van der Waals surface area contributed by atoms with Gasteiger partial charge in [0.25, 0.3) is 0 Å². The van der Waals surface area contributed by atoms with Gasteiger partial charge in [-0.05, 0) is 32.1 Å². The molecule has 0 fully saturated rings. The minimum absolute atomic E-state index is 0.0618. The van der Waals surface area contributed by atoms with E-state index in [1.165, 1.54) is 12.3 Å². The molecule has 0 aliphatic rings. The van der Waals surface area contributed by atoms with Crippen molar-refractivity contribution in [1.29, 1.82) is 0 Å². The summed E-state index contributed by atoms with van der Waals surface area (Å²) < 4.78 is 32.6. The second kappa shape index (κ2) is 10.5. The summed E-state index contributed by atoms with van der Waals surface area (Å²) in [6.07, 6.45) is 2.06. The van der Waals surface area contributed by atoms with Gasteiger partial charge in [0, 0.05) is 30.8 Å². The Kier molecular flexibility index (Phi) is 7.70. The van der Waals surface area contributed by atoms with Crippen LogP contribution in [-0.4, -0.2) is 57.9 Å². The van der Waals surface area contributed by atoms with E-state index in [9.17, 15) is 13.6 Å². The second-order valence-corrected chi connectivity index (χ2v) is 7.71. The van der Waals surface area contributed by atoms with Crippen LogP contribution in [-0.2, 0) is 11.2 Å². The molecule has 1 aromatic carbocycles. The Labute approximate surface area is 189 Å². The van der Waals surface area contributed by atoms with E-state index in [1.54, 1.807) is 24.3 Å². The molecule has 0 amide bonds. The van der Waals surface area contributed by atoms with Crippen molar-refractivity contribution in [3.63, 3.8) is 0 Å². The van der Waals surface area contributed by atoms with Gasteiger partial charge in [0.15, 0.2) is 0 Å². The Morgan fingerprint density at radius 1 is 1.25 bits per heavy atom. The lowest BCUT2D eigenvalue weighted by atomic mass is 9.99. The molecule has 0 spiro atoms. The number of carbonyl (C=O) groups is 1. The zero-order valence-electron chi connectivity index (χ0n) is 17.6. The number of alkyl halides is 2. The number of nitrogens with zero attached hydrogens (tertiary/aromatic N) is 5. The number of anilines is 1. The van der Waals surface area contributed by atoms with Crippen molar-refractivity contribution >= 4 is 23.5 Å².